The van der Waals surface area contributed by atoms with E-state index in [4.69, 9.17) is 4.98 Å². The van der Waals surface area contributed by atoms with Gasteiger partial charge in [-0.3, -0.25) is 9.38 Å². The highest BCUT2D eigenvalue weighted by Crippen LogP contribution is 2.30. The van der Waals surface area contributed by atoms with Crippen molar-refractivity contribution in [2.75, 3.05) is 13.1 Å². The molecule has 1 fully saturated rings. The average Bonchev–Trinajstić information content (AvgIpc) is 2.96. The van der Waals surface area contributed by atoms with Gasteiger partial charge in [-0.15, -0.1) is 0 Å². The van der Waals surface area contributed by atoms with E-state index in [-0.39, 0.29) is 0 Å². The fourth-order valence-corrected chi connectivity index (χ4v) is 3.14. The topological polar surface area (TPSA) is 42.2 Å². The molecular weight excluding hydrogens is 260 g/mol. The molecule has 1 saturated heterocycles. The predicted octanol–water partition coefficient (Wildman–Crippen LogP) is 2.86. The second-order valence-electron chi connectivity index (χ2n) is 5.54. The van der Waals surface area contributed by atoms with Crippen molar-refractivity contribution < 1.29 is 0 Å². The van der Waals surface area contributed by atoms with Crippen LogP contribution in [0.5, 0.6) is 0 Å². The summed E-state index contributed by atoms with van der Waals surface area (Å²) in [4.78, 5) is 9.26. The zero-order valence-electron chi connectivity index (χ0n) is 11.9. The van der Waals surface area contributed by atoms with Crippen LogP contribution in [0.4, 0.5) is 0 Å². The maximum atomic E-state index is 4.98. The number of piperidine rings is 1. The molecule has 3 heterocycles. The van der Waals surface area contributed by atoms with Crippen LogP contribution in [0.2, 0.25) is 0 Å². The van der Waals surface area contributed by atoms with Gasteiger partial charge in [-0.05, 0) is 25.9 Å². The number of fused-ring (bicyclic) bond motifs is 1. The van der Waals surface area contributed by atoms with E-state index in [1.807, 2.05) is 24.7 Å². The van der Waals surface area contributed by atoms with Gasteiger partial charge in [-0.1, -0.05) is 30.3 Å². The summed E-state index contributed by atoms with van der Waals surface area (Å²) in [7, 11) is 0. The molecule has 0 radical (unpaired) electrons. The molecule has 0 saturated carbocycles. The van der Waals surface area contributed by atoms with Crippen LogP contribution >= 0.6 is 0 Å². The summed E-state index contributed by atoms with van der Waals surface area (Å²) in [5.74, 6) is 1.70. The minimum absolute atomic E-state index is 0.526. The second-order valence-corrected chi connectivity index (χ2v) is 5.54. The Morgan fingerprint density at radius 3 is 2.71 bits per heavy atom. The van der Waals surface area contributed by atoms with Crippen molar-refractivity contribution in [2.24, 2.45) is 0 Å². The Labute approximate surface area is 123 Å². The van der Waals surface area contributed by atoms with Crippen molar-refractivity contribution in [3.63, 3.8) is 0 Å². The number of aromatic nitrogens is 3. The maximum absolute atomic E-state index is 4.98. The van der Waals surface area contributed by atoms with Gasteiger partial charge in [0.2, 0.25) is 0 Å². The van der Waals surface area contributed by atoms with Crippen LogP contribution in [0.15, 0.2) is 48.9 Å². The first-order chi connectivity index (χ1) is 10.4. The first-order valence-electron chi connectivity index (χ1n) is 7.51. The molecule has 0 atom stereocenters. The van der Waals surface area contributed by atoms with E-state index in [1.54, 1.807) is 0 Å². The first-order valence-corrected chi connectivity index (χ1v) is 7.51. The zero-order valence-corrected chi connectivity index (χ0v) is 11.9. The fourth-order valence-electron chi connectivity index (χ4n) is 3.14. The van der Waals surface area contributed by atoms with Crippen LogP contribution in [-0.2, 0) is 0 Å². The van der Waals surface area contributed by atoms with Crippen LogP contribution in [-0.4, -0.2) is 27.5 Å². The molecular formula is C17H18N4. The minimum atomic E-state index is 0.526. The Bertz CT molecular complexity index is 742. The molecule has 0 amide bonds. The standard InChI is InChI=1S/C17H18N4/c1-2-4-13(5-3-1)16-15-12-19-10-11-21(15)17(20-16)14-6-8-18-9-7-14/h1-5,10-12,14,18H,6-9H2. The Hall–Kier alpha value is -2.20. The molecule has 2 aromatic heterocycles. The minimum Gasteiger partial charge on any atom is -0.317 e. The van der Waals surface area contributed by atoms with Crippen molar-refractivity contribution in [3.05, 3.63) is 54.7 Å². The molecule has 21 heavy (non-hydrogen) atoms. The summed E-state index contributed by atoms with van der Waals surface area (Å²) in [5, 5.41) is 3.42. The number of hydrogen-bond donors (Lipinski definition) is 1. The van der Waals surface area contributed by atoms with E-state index >= 15 is 0 Å². The van der Waals surface area contributed by atoms with Crippen molar-refractivity contribution in [1.82, 2.24) is 19.7 Å². The van der Waals surface area contributed by atoms with Crippen LogP contribution < -0.4 is 5.32 Å². The molecule has 0 bridgehead atoms. The summed E-state index contributed by atoms with van der Waals surface area (Å²) in [6.45, 7) is 2.15. The number of nitrogens with one attached hydrogen (secondary N) is 1. The van der Waals surface area contributed by atoms with Crippen molar-refractivity contribution >= 4 is 5.52 Å². The normalized spacial score (nSPS) is 16.4. The van der Waals surface area contributed by atoms with E-state index in [9.17, 15) is 0 Å². The smallest absolute Gasteiger partial charge is 0.117 e. The third-order valence-electron chi connectivity index (χ3n) is 4.23. The van der Waals surface area contributed by atoms with Gasteiger partial charge >= 0.3 is 0 Å². The highest BCUT2D eigenvalue weighted by Gasteiger charge is 2.22. The zero-order chi connectivity index (χ0) is 14.1. The van der Waals surface area contributed by atoms with Crippen LogP contribution in [0, 0.1) is 0 Å². The number of nitrogens with zero attached hydrogens (tertiary/aromatic N) is 3. The molecule has 0 aliphatic carbocycles. The van der Waals surface area contributed by atoms with Crippen LogP contribution in [0.25, 0.3) is 16.8 Å². The molecule has 4 heteroatoms. The molecule has 1 aliphatic rings. The first kappa shape index (κ1) is 12.5. The van der Waals surface area contributed by atoms with Gasteiger partial charge in [0.25, 0.3) is 0 Å². The number of imidazole rings is 1. The summed E-state index contributed by atoms with van der Waals surface area (Å²) in [6, 6.07) is 10.4. The Morgan fingerprint density at radius 2 is 1.90 bits per heavy atom. The molecule has 0 spiro atoms. The van der Waals surface area contributed by atoms with Gasteiger partial charge in [0, 0.05) is 23.9 Å². The molecule has 1 aliphatic heterocycles. The van der Waals surface area contributed by atoms with Gasteiger partial charge in [-0.25, -0.2) is 4.98 Å². The average molecular weight is 278 g/mol. The Balaban J connectivity index is 1.88. The van der Waals surface area contributed by atoms with Crippen molar-refractivity contribution in [1.29, 1.82) is 0 Å². The van der Waals surface area contributed by atoms with Crippen molar-refractivity contribution in [2.45, 2.75) is 18.8 Å². The Kier molecular flexibility index (Phi) is 3.16. The van der Waals surface area contributed by atoms with Gasteiger partial charge in [-0.2, -0.15) is 0 Å². The summed E-state index contributed by atoms with van der Waals surface area (Å²) in [5.41, 5.74) is 3.29. The van der Waals surface area contributed by atoms with E-state index in [0.717, 1.165) is 42.7 Å². The summed E-state index contributed by atoms with van der Waals surface area (Å²) in [6.07, 6.45) is 8.09. The summed E-state index contributed by atoms with van der Waals surface area (Å²) >= 11 is 0. The van der Waals surface area contributed by atoms with E-state index in [2.05, 4.69) is 39.0 Å². The lowest BCUT2D eigenvalue weighted by Gasteiger charge is -2.21. The van der Waals surface area contributed by atoms with E-state index in [1.165, 1.54) is 5.82 Å². The van der Waals surface area contributed by atoms with Crippen LogP contribution in [0.3, 0.4) is 0 Å². The number of benzene rings is 1. The third kappa shape index (κ3) is 2.21. The fraction of sp³-hybridized carbons (Fsp3) is 0.294. The molecule has 1 N–H and O–H groups in total. The molecule has 4 nitrogen and oxygen atoms in total. The summed E-state index contributed by atoms with van der Waals surface area (Å²) < 4.78 is 2.21. The largest absolute Gasteiger partial charge is 0.317 e. The van der Waals surface area contributed by atoms with Gasteiger partial charge in [0.05, 0.1) is 17.4 Å². The lowest BCUT2D eigenvalue weighted by atomic mass is 9.97. The monoisotopic (exact) mass is 278 g/mol. The second kappa shape index (κ2) is 5.30. The highest BCUT2D eigenvalue weighted by molar-refractivity contribution is 5.77. The van der Waals surface area contributed by atoms with Crippen molar-refractivity contribution in [3.8, 4) is 11.3 Å². The van der Waals surface area contributed by atoms with E-state index < -0.39 is 0 Å². The van der Waals surface area contributed by atoms with E-state index in [0.29, 0.717) is 5.92 Å². The number of rotatable bonds is 2. The molecule has 0 unspecified atom stereocenters. The molecule has 1 aromatic carbocycles. The molecule has 3 aromatic rings. The van der Waals surface area contributed by atoms with Gasteiger partial charge in [0.1, 0.15) is 5.82 Å². The lowest BCUT2D eigenvalue weighted by Crippen LogP contribution is -2.27. The lowest BCUT2D eigenvalue weighted by molar-refractivity contribution is 0.444. The SMILES string of the molecule is c1ccc(-c2nc(C3CCNCC3)n3ccncc23)cc1. The third-order valence-corrected chi connectivity index (χ3v) is 4.23. The van der Waals surface area contributed by atoms with Gasteiger partial charge in [0.15, 0.2) is 0 Å². The molecule has 106 valence electrons. The van der Waals surface area contributed by atoms with Gasteiger partial charge < -0.3 is 5.32 Å². The molecule has 4 rings (SSSR count). The van der Waals surface area contributed by atoms with Crippen LogP contribution in [0.1, 0.15) is 24.6 Å². The quantitative estimate of drug-likeness (QED) is 0.783. The Morgan fingerprint density at radius 1 is 1.10 bits per heavy atom. The maximum Gasteiger partial charge on any atom is 0.117 e. The predicted molar refractivity (Wildman–Crippen MR) is 83.3 cm³/mol. The number of hydrogen-bond acceptors (Lipinski definition) is 3. The highest BCUT2D eigenvalue weighted by atomic mass is 15.0.